The molecule has 1 aromatic carbocycles. The van der Waals surface area contributed by atoms with Crippen molar-refractivity contribution >= 4 is 25.1 Å². The molecule has 4 aromatic rings. The predicted octanol–water partition coefficient (Wildman–Crippen LogP) is 6.25. The standard InChI is InChI=1S/C26H30FN3O4Si/c1-5-34-22-8-6-7-19(23(22)27)24-20(26(31)32)15-21(30(24)16-33-13-14-35(2,3)4)17-9-11-28-25-18(17)10-12-29-25/h6-12,15H,5,13-14,16H2,1-4H3,(H,28,29)(H,31,32). The van der Waals surface area contributed by atoms with Crippen LogP contribution in [0, 0.1) is 5.82 Å². The Morgan fingerprint density at radius 1 is 1.20 bits per heavy atom. The van der Waals surface area contributed by atoms with Crippen LogP contribution in [0.3, 0.4) is 0 Å². The molecule has 35 heavy (non-hydrogen) atoms. The summed E-state index contributed by atoms with van der Waals surface area (Å²) in [6.45, 7) is 9.47. The van der Waals surface area contributed by atoms with Crippen LogP contribution in [-0.4, -0.2) is 46.9 Å². The van der Waals surface area contributed by atoms with Crippen LogP contribution in [0.25, 0.3) is 33.5 Å². The predicted molar refractivity (Wildman–Crippen MR) is 137 cm³/mol. The second-order valence-corrected chi connectivity index (χ2v) is 15.1. The van der Waals surface area contributed by atoms with Gasteiger partial charge in [0.15, 0.2) is 11.6 Å². The summed E-state index contributed by atoms with van der Waals surface area (Å²) >= 11 is 0. The van der Waals surface area contributed by atoms with E-state index in [0.717, 1.165) is 17.0 Å². The van der Waals surface area contributed by atoms with E-state index in [0.29, 0.717) is 24.6 Å². The van der Waals surface area contributed by atoms with Gasteiger partial charge < -0.3 is 24.1 Å². The molecule has 4 rings (SSSR count). The van der Waals surface area contributed by atoms with Gasteiger partial charge in [0.25, 0.3) is 0 Å². The van der Waals surface area contributed by atoms with Gasteiger partial charge in [0, 0.05) is 43.6 Å². The SMILES string of the molecule is CCOc1cccc(-c2c(C(=O)O)cc(-c3ccnc4[nH]ccc34)n2COCC[Si](C)(C)C)c1F. The van der Waals surface area contributed by atoms with Crippen LogP contribution in [-0.2, 0) is 11.5 Å². The highest BCUT2D eigenvalue weighted by atomic mass is 28.3. The molecule has 0 saturated heterocycles. The summed E-state index contributed by atoms with van der Waals surface area (Å²) in [5, 5.41) is 10.9. The third-order valence-corrected chi connectivity index (χ3v) is 7.50. The Kier molecular flexibility index (Phi) is 7.09. The summed E-state index contributed by atoms with van der Waals surface area (Å²) in [6.07, 6.45) is 3.44. The molecule has 2 N–H and O–H groups in total. The quantitative estimate of drug-likeness (QED) is 0.201. The first-order valence-corrected chi connectivity index (χ1v) is 15.3. The Balaban J connectivity index is 1.92. The zero-order valence-electron chi connectivity index (χ0n) is 20.4. The molecule has 3 aromatic heterocycles. The molecule has 0 aliphatic heterocycles. The number of nitrogens with one attached hydrogen (secondary N) is 1. The average molecular weight is 496 g/mol. The van der Waals surface area contributed by atoms with Crippen LogP contribution in [0.15, 0.2) is 48.8 Å². The van der Waals surface area contributed by atoms with Crippen LogP contribution in [0.4, 0.5) is 4.39 Å². The van der Waals surface area contributed by atoms with Crippen molar-refractivity contribution < 1.29 is 23.8 Å². The molecule has 0 amide bonds. The van der Waals surface area contributed by atoms with Crippen molar-refractivity contribution in [3.05, 3.63) is 60.2 Å². The lowest BCUT2D eigenvalue weighted by Gasteiger charge is -2.19. The van der Waals surface area contributed by atoms with Gasteiger partial charge in [-0.3, -0.25) is 0 Å². The zero-order valence-corrected chi connectivity index (χ0v) is 21.4. The Bertz CT molecular complexity index is 1360. The number of H-pyrrole nitrogens is 1. The Labute approximate surface area is 204 Å². The van der Waals surface area contributed by atoms with E-state index < -0.39 is 19.9 Å². The fraction of sp³-hybridized carbons (Fsp3) is 0.308. The van der Waals surface area contributed by atoms with E-state index in [-0.39, 0.29) is 29.3 Å². The number of nitrogens with zero attached hydrogens (tertiary/aromatic N) is 2. The molecule has 0 radical (unpaired) electrons. The maximum absolute atomic E-state index is 15.5. The first-order valence-electron chi connectivity index (χ1n) is 11.6. The van der Waals surface area contributed by atoms with Crippen molar-refractivity contribution in [2.75, 3.05) is 13.2 Å². The number of carbonyl (C=O) groups is 1. The van der Waals surface area contributed by atoms with E-state index in [9.17, 15) is 9.90 Å². The lowest BCUT2D eigenvalue weighted by Crippen LogP contribution is -2.22. The topological polar surface area (TPSA) is 89.4 Å². The number of hydrogen-bond acceptors (Lipinski definition) is 4. The molecule has 184 valence electrons. The van der Waals surface area contributed by atoms with Crippen molar-refractivity contribution in [2.24, 2.45) is 0 Å². The van der Waals surface area contributed by atoms with Gasteiger partial charge in [-0.05, 0) is 43.3 Å². The van der Waals surface area contributed by atoms with Gasteiger partial charge in [-0.2, -0.15) is 0 Å². The van der Waals surface area contributed by atoms with Crippen LogP contribution in [0.1, 0.15) is 17.3 Å². The molecule has 0 unspecified atom stereocenters. The molecule has 0 atom stereocenters. The number of carboxylic acid groups (broad SMARTS) is 1. The summed E-state index contributed by atoms with van der Waals surface area (Å²) in [5.74, 6) is -1.68. The Hall–Kier alpha value is -3.43. The smallest absolute Gasteiger partial charge is 0.337 e. The van der Waals surface area contributed by atoms with Crippen molar-refractivity contribution in [1.29, 1.82) is 0 Å². The summed E-state index contributed by atoms with van der Waals surface area (Å²) in [7, 11) is -1.33. The molecule has 3 heterocycles. The lowest BCUT2D eigenvalue weighted by molar-refractivity contribution is 0.0696. The van der Waals surface area contributed by atoms with E-state index in [4.69, 9.17) is 9.47 Å². The second kappa shape index (κ2) is 10.0. The van der Waals surface area contributed by atoms with E-state index in [1.54, 1.807) is 42.1 Å². The monoisotopic (exact) mass is 495 g/mol. The molecule has 0 fully saturated rings. The molecule has 7 nitrogen and oxygen atoms in total. The maximum Gasteiger partial charge on any atom is 0.337 e. The van der Waals surface area contributed by atoms with Crippen molar-refractivity contribution in [3.63, 3.8) is 0 Å². The van der Waals surface area contributed by atoms with Gasteiger partial charge in [0.05, 0.1) is 23.6 Å². The molecular formula is C26H30FN3O4Si. The van der Waals surface area contributed by atoms with Crippen LogP contribution < -0.4 is 4.74 Å². The number of carboxylic acids is 1. The summed E-state index contributed by atoms with van der Waals surface area (Å²) in [6, 6.07) is 11.0. The number of fused-ring (bicyclic) bond motifs is 1. The van der Waals surface area contributed by atoms with Crippen LogP contribution in [0.5, 0.6) is 5.75 Å². The highest BCUT2D eigenvalue weighted by molar-refractivity contribution is 6.76. The number of aromatic nitrogens is 3. The first kappa shape index (κ1) is 24.7. The Morgan fingerprint density at radius 2 is 2.00 bits per heavy atom. The molecule has 9 heteroatoms. The number of aromatic carboxylic acids is 1. The van der Waals surface area contributed by atoms with Gasteiger partial charge >= 0.3 is 5.97 Å². The lowest BCUT2D eigenvalue weighted by atomic mass is 10.1. The number of hydrogen-bond donors (Lipinski definition) is 2. The Morgan fingerprint density at radius 3 is 2.71 bits per heavy atom. The minimum atomic E-state index is -1.33. The number of aromatic amines is 1. The number of benzene rings is 1. The van der Waals surface area contributed by atoms with Crippen LogP contribution in [0.2, 0.25) is 25.7 Å². The van der Waals surface area contributed by atoms with E-state index in [2.05, 4.69) is 29.6 Å². The van der Waals surface area contributed by atoms with Gasteiger partial charge in [-0.1, -0.05) is 25.7 Å². The van der Waals surface area contributed by atoms with E-state index in [1.165, 1.54) is 6.07 Å². The largest absolute Gasteiger partial charge is 0.491 e. The first-order chi connectivity index (χ1) is 16.7. The molecule has 0 aliphatic rings. The van der Waals surface area contributed by atoms with Gasteiger partial charge in [0.1, 0.15) is 12.4 Å². The van der Waals surface area contributed by atoms with Gasteiger partial charge in [-0.25, -0.2) is 14.2 Å². The number of pyridine rings is 1. The van der Waals surface area contributed by atoms with Crippen molar-refractivity contribution in [3.8, 4) is 28.3 Å². The number of rotatable bonds is 10. The summed E-state index contributed by atoms with van der Waals surface area (Å²) in [4.78, 5) is 19.8. The highest BCUT2D eigenvalue weighted by Crippen LogP contribution is 2.38. The molecule has 0 spiro atoms. The third kappa shape index (κ3) is 5.15. The van der Waals surface area contributed by atoms with E-state index >= 15 is 4.39 Å². The zero-order chi connectivity index (χ0) is 25.2. The third-order valence-electron chi connectivity index (χ3n) is 5.80. The molecule has 0 saturated carbocycles. The maximum atomic E-state index is 15.5. The normalized spacial score (nSPS) is 11.8. The number of ether oxygens (including phenoxy) is 2. The second-order valence-electron chi connectivity index (χ2n) is 9.52. The van der Waals surface area contributed by atoms with Crippen molar-refractivity contribution in [2.45, 2.75) is 39.3 Å². The fourth-order valence-electron chi connectivity index (χ4n) is 4.04. The van der Waals surface area contributed by atoms with Crippen molar-refractivity contribution in [1.82, 2.24) is 14.5 Å². The van der Waals surface area contributed by atoms with E-state index in [1.807, 2.05) is 12.1 Å². The molecule has 0 aliphatic carbocycles. The minimum absolute atomic E-state index is 0.0122. The van der Waals surface area contributed by atoms with Gasteiger partial charge in [-0.15, -0.1) is 0 Å². The highest BCUT2D eigenvalue weighted by Gasteiger charge is 2.26. The van der Waals surface area contributed by atoms with Crippen LogP contribution >= 0.6 is 0 Å². The summed E-state index contributed by atoms with van der Waals surface area (Å²) < 4.78 is 28.8. The molecular weight excluding hydrogens is 465 g/mol. The average Bonchev–Trinajstić information content (AvgIpc) is 3.42. The molecule has 0 bridgehead atoms. The minimum Gasteiger partial charge on any atom is -0.491 e. The summed E-state index contributed by atoms with van der Waals surface area (Å²) in [5.41, 5.74) is 2.44. The fourth-order valence-corrected chi connectivity index (χ4v) is 4.80. The number of halogens is 1. The van der Waals surface area contributed by atoms with Gasteiger partial charge in [0.2, 0.25) is 0 Å².